The molecule has 2 rings (SSSR count). The van der Waals surface area contributed by atoms with Crippen molar-refractivity contribution >= 4 is 17.6 Å². The lowest BCUT2D eigenvalue weighted by atomic mass is 10.2. The Balaban J connectivity index is 1.86. The molecule has 1 atom stereocenters. The van der Waals surface area contributed by atoms with E-state index in [1.807, 2.05) is 27.0 Å². The average Bonchev–Trinajstić information content (AvgIpc) is 3.10. The molecule has 1 heterocycles. The van der Waals surface area contributed by atoms with Crippen molar-refractivity contribution in [1.82, 2.24) is 5.32 Å². The van der Waals surface area contributed by atoms with Crippen molar-refractivity contribution in [1.29, 1.82) is 0 Å². The lowest BCUT2D eigenvalue weighted by Crippen LogP contribution is -3.08. The molecule has 0 aliphatic carbocycles. The molecule has 0 spiro atoms. The van der Waals surface area contributed by atoms with Crippen LogP contribution >= 0.6 is 0 Å². The Labute approximate surface area is 158 Å². The number of hydrogen-bond acceptors (Lipinski definition) is 5. The molecule has 2 aromatic rings. The third-order valence-corrected chi connectivity index (χ3v) is 3.57. The summed E-state index contributed by atoms with van der Waals surface area (Å²) in [5.41, 5.74) is 0.503. The van der Waals surface area contributed by atoms with E-state index in [1.165, 1.54) is 0 Å². The van der Waals surface area contributed by atoms with Gasteiger partial charge in [-0.1, -0.05) is 0 Å². The molecule has 1 unspecified atom stereocenters. The van der Waals surface area contributed by atoms with Crippen LogP contribution in [-0.2, 0) is 11.3 Å². The van der Waals surface area contributed by atoms with Gasteiger partial charge in [-0.05, 0) is 38.1 Å². The summed E-state index contributed by atoms with van der Waals surface area (Å²) in [6.45, 7) is 5.42. The first-order valence-electron chi connectivity index (χ1n) is 8.86. The molecule has 1 aromatic heterocycles. The highest BCUT2D eigenvalue weighted by Crippen LogP contribution is 2.30. The number of likely N-dealkylation sites (N-methyl/N-ethyl adjacent to an activating group) is 1. The normalized spacial score (nSPS) is 11.5. The quantitative estimate of drug-likeness (QED) is 0.616. The standard InChI is InChI=1S/C19H25N3O5/c1-4-25-16-9-8-14(11-17(16)26-5-2)20-19(24)21-18(23)13-22(3)12-15-7-6-10-27-15/h6-11H,4-5,12-13H2,1-3H3,(H2,20,21,23,24)/p+1. The van der Waals surface area contributed by atoms with Crippen LogP contribution in [-0.4, -0.2) is 38.7 Å². The molecular weight excluding hydrogens is 350 g/mol. The number of hydrogen-bond donors (Lipinski definition) is 3. The van der Waals surface area contributed by atoms with Crippen LogP contribution in [0, 0.1) is 0 Å². The van der Waals surface area contributed by atoms with Gasteiger partial charge in [-0.2, -0.15) is 0 Å². The SMILES string of the molecule is CCOc1ccc(NC(=O)NC(=O)C[NH+](C)Cc2ccco2)cc1OCC. The summed E-state index contributed by atoms with van der Waals surface area (Å²) < 4.78 is 16.3. The largest absolute Gasteiger partial charge is 0.490 e. The average molecular weight is 376 g/mol. The topological polar surface area (TPSA) is 94.2 Å². The molecule has 0 aliphatic rings. The fourth-order valence-corrected chi connectivity index (χ4v) is 2.51. The summed E-state index contributed by atoms with van der Waals surface area (Å²) in [5.74, 6) is 1.53. The lowest BCUT2D eigenvalue weighted by molar-refractivity contribution is -0.886. The molecule has 3 N–H and O–H groups in total. The van der Waals surface area contributed by atoms with Gasteiger partial charge in [0.25, 0.3) is 5.91 Å². The van der Waals surface area contributed by atoms with E-state index in [1.54, 1.807) is 30.5 Å². The zero-order chi connectivity index (χ0) is 19.6. The van der Waals surface area contributed by atoms with E-state index < -0.39 is 6.03 Å². The van der Waals surface area contributed by atoms with E-state index in [4.69, 9.17) is 13.9 Å². The number of imide groups is 1. The number of nitrogens with one attached hydrogen (secondary N) is 3. The van der Waals surface area contributed by atoms with E-state index >= 15 is 0 Å². The van der Waals surface area contributed by atoms with Gasteiger partial charge in [-0.3, -0.25) is 10.1 Å². The summed E-state index contributed by atoms with van der Waals surface area (Å²) in [6, 6.07) is 8.10. The summed E-state index contributed by atoms with van der Waals surface area (Å²) in [6.07, 6.45) is 1.59. The molecule has 0 fully saturated rings. The number of anilines is 1. The predicted molar refractivity (Wildman–Crippen MR) is 100 cm³/mol. The monoisotopic (exact) mass is 376 g/mol. The molecule has 27 heavy (non-hydrogen) atoms. The molecule has 0 aliphatic heterocycles. The second-order valence-corrected chi connectivity index (χ2v) is 5.92. The molecule has 0 saturated carbocycles. The van der Waals surface area contributed by atoms with Gasteiger partial charge in [0, 0.05) is 11.8 Å². The lowest BCUT2D eigenvalue weighted by Gasteiger charge is -2.14. The maximum absolute atomic E-state index is 12.1. The molecule has 0 saturated heterocycles. The van der Waals surface area contributed by atoms with Crippen LogP contribution in [0.25, 0.3) is 0 Å². The second-order valence-electron chi connectivity index (χ2n) is 5.92. The first-order chi connectivity index (χ1) is 13.0. The van der Waals surface area contributed by atoms with E-state index in [0.29, 0.717) is 36.9 Å². The molecule has 8 nitrogen and oxygen atoms in total. The molecule has 146 valence electrons. The van der Waals surface area contributed by atoms with Crippen molar-refractivity contribution < 1.29 is 28.4 Å². The summed E-state index contributed by atoms with van der Waals surface area (Å²) in [4.78, 5) is 25.0. The van der Waals surface area contributed by atoms with Crippen molar-refractivity contribution in [3.05, 3.63) is 42.4 Å². The first kappa shape index (κ1) is 20.3. The Hall–Kier alpha value is -3.00. The van der Waals surface area contributed by atoms with Gasteiger partial charge in [0.15, 0.2) is 23.8 Å². The molecule has 0 radical (unpaired) electrons. The van der Waals surface area contributed by atoms with Crippen LogP contribution < -0.4 is 25.0 Å². The molecule has 0 bridgehead atoms. The highest BCUT2D eigenvalue weighted by atomic mass is 16.5. The number of ether oxygens (including phenoxy) is 2. The van der Waals surface area contributed by atoms with Gasteiger partial charge in [0.2, 0.25) is 0 Å². The van der Waals surface area contributed by atoms with Crippen molar-refractivity contribution in [2.24, 2.45) is 0 Å². The van der Waals surface area contributed by atoms with Gasteiger partial charge >= 0.3 is 6.03 Å². The molecule has 3 amide bonds. The van der Waals surface area contributed by atoms with Gasteiger partial charge in [0.1, 0.15) is 6.54 Å². The van der Waals surface area contributed by atoms with Crippen LogP contribution in [0.5, 0.6) is 11.5 Å². The van der Waals surface area contributed by atoms with Crippen LogP contribution in [0.4, 0.5) is 10.5 Å². The molecular formula is C19H26N3O5+. The van der Waals surface area contributed by atoms with E-state index in [-0.39, 0.29) is 12.5 Å². The number of rotatable bonds is 9. The highest BCUT2D eigenvalue weighted by molar-refractivity contribution is 6.01. The van der Waals surface area contributed by atoms with E-state index in [0.717, 1.165) is 10.7 Å². The first-order valence-corrected chi connectivity index (χ1v) is 8.86. The zero-order valence-electron chi connectivity index (χ0n) is 15.8. The molecule has 1 aromatic carbocycles. The smallest absolute Gasteiger partial charge is 0.326 e. The Morgan fingerprint density at radius 1 is 1.11 bits per heavy atom. The fraction of sp³-hybridized carbons (Fsp3) is 0.368. The van der Waals surface area contributed by atoms with Crippen LogP contribution in [0.15, 0.2) is 41.0 Å². The Kier molecular flexibility index (Phi) is 7.69. The number of carbonyl (C=O) groups excluding carboxylic acids is 2. The third kappa shape index (κ3) is 6.67. The number of benzene rings is 1. The Bertz CT molecular complexity index is 746. The zero-order valence-corrected chi connectivity index (χ0v) is 15.8. The maximum Gasteiger partial charge on any atom is 0.326 e. The summed E-state index contributed by atoms with van der Waals surface area (Å²) >= 11 is 0. The van der Waals surface area contributed by atoms with Crippen molar-refractivity contribution in [2.75, 3.05) is 32.1 Å². The van der Waals surface area contributed by atoms with Crippen LogP contribution in [0.1, 0.15) is 19.6 Å². The predicted octanol–water partition coefficient (Wildman–Crippen LogP) is 1.44. The Morgan fingerprint density at radius 3 is 2.52 bits per heavy atom. The van der Waals surface area contributed by atoms with Crippen LogP contribution in [0.2, 0.25) is 0 Å². The van der Waals surface area contributed by atoms with E-state index in [2.05, 4.69) is 10.6 Å². The Morgan fingerprint density at radius 2 is 1.85 bits per heavy atom. The number of quaternary nitrogens is 1. The van der Waals surface area contributed by atoms with Crippen molar-refractivity contribution in [2.45, 2.75) is 20.4 Å². The third-order valence-electron chi connectivity index (χ3n) is 3.57. The van der Waals surface area contributed by atoms with Crippen LogP contribution in [0.3, 0.4) is 0 Å². The van der Waals surface area contributed by atoms with Gasteiger partial charge in [-0.15, -0.1) is 0 Å². The van der Waals surface area contributed by atoms with Crippen molar-refractivity contribution in [3.63, 3.8) is 0 Å². The van der Waals surface area contributed by atoms with Crippen molar-refractivity contribution in [3.8, 4) is 11.5 Å². The summed E-state index contributed by atoms with van der Waals surface area (Å²) in [7, 11) is 1.85. The van der Waals surface area contributed by atoms with Gasteiger partial charge in [-0.25, -0.2) is 4.79 Å². The highest BCUT2D eigenvalue weighted by Gasteiger charge is 2.15. The fourth-order valence-electron chi connectivity index (χ4n) is 2.51. The number of carbonyl (C=O) groups is 2. The molecule has 8 heteroatoms. The number of urea groups is 1. The van der Waals surface area contributed by atoms with Gasteiger partial charge < -0.3 is 24.1 Å². The maximum atomic E-state index is 12.1. The van der Waals surface area contributed by atoms with Gasteiger partial charge in [0.05, 0.1) is 26.5 Å². The number of furan rings is 1. The van der Waals surface area contributed by atoms with E-state index in [9.17, 15) is 9.59 Å². The second kappa shape index (κ2) is 10.2. The summed E-state index contributed by atoms with van der Waals surface area (Å²) in [5, 5.41) is 4.94. The number of amides is 3. The minimum absolute atomic E-state index is 0.140. The minimum Gasteiger partial charge on any atom is -0.490 e. The minimum atomic E-state index is -0.600.